The summed E-state index contributed by atoms with van der Waals surface area (Å²) in [7, 11) is 0. The topological polar surface area (TPSA) is 25.8 Å². The lowest BCUT2D eigenvalue weighted by Crippen LogP contribution is -1.91. The van der Waals surface area contributed by atoms with Crippen molar-refractivity contribution < 1.29 is 0 Å². The molecule has 0 radical (unpaired) electrons. The largest absolute Gasteiger partial charge is 0.227 e. The average molecular weight is 273 g/mol. The van der Waals surface area contributed by atoms with Crippen molar-refractivity contribution in [2.45, 2.75) is 0 Å². The lowest BCUT2D eigenvalue weighted by molar-refractivity contribution is 1.18. The van der Waals surface area contributed by atoms with Gasteiger partial charge in [0.25, 0.3) is 0 Å². The molecule has 2 heterocycles. The van der Waals surface area contributed by atoms with Crippen LogP contribution in [0.15, 0.2) is 53.9 Å². The molecule has 0 saturated carbocycles. The first kappa shape index (κ1) is 11.4. The zero-order valence-corrected chi connectivity index (χ0v) is 10.9. The molecule has 0 atom stereocenters. The van der Waals surface area contributed by atoms with Crippen LogP contribution in [0, 0.1) is 0 Å². The maximum atomic E-state index is 6.07. The minimum atomic E-state index is 0.465. The number of hydrogen-bond donors (Lipinski definition) is 0. The summed E-state index contributed by atoms with van der Waals surface area (Å²) in [5.74, 6) is 0.659. The van der Waals surface area contributed by atoms with Crippen LogP contribution in [-0.2, 0) is 0 Å². The van der Waals surface area contributed by atoms with Crippen molar-refractivity contribution in [3.63, 3.8) is 0 Å². The predicted molar refractivity (Wildman–Crippen MR) is 75.8 cm³/mol. The molecule has 0 aliphatic carbocycles. The summed E-state index contributed by atoms with van der Waals surface area (Å²) < 4.78 is 0. The molecular formula is C14H9ClN2S. The van der Waals surface area contributed by atoms with Gasteiger partial charge in [-0.15, -0.1) is 11.3 Å². The molecule has 0 aliphatic rings. The van der Waals surface area contributed by atoms with Gasteiger partial charge in [0.2, 0.25) is 0 Å². The normalized spacial score (nSPS) is 10.5. The van der Waals surface area contributed by atoms with E-state index >= 15 is 0 Å². The van der Waals surface area contributed by atoms with Gasteiger partial charge >= 0.3 is 0 Å². The monoisotopic (exact) mass is 272 g/mol. The summed E-state index contributed by atoms with van der Waals surface area (Å²) in [5.41, 5.74) is 1.83. The Morgan fingerprint density at radius 2 is 1.78 bits per heavy atom. The number of aromatic nitrogens is 2. The van der Waals surface area contributed by atoms with E-state index in [9.17, 15) is 0 Å². The third kappa shape index (κ3) is 2.28. The highest BCUT2D eigenvalue weighted by molar-refractivity contribution is 7.13. The van der Waals surface area contributed by atoms with Crippen LogP contribution in [0.4, 0.5) is 0 Å². The van der Waals surface area contributed by atoms with Crippen molar-refractivity contribution in [2.24, 2.45) is 0 Å². The van der Waals surface area contributed by atoms with E-state index in [1.54, 1.807) is 17.4 Å². The Hall–Kier alpha value is -1.71. The maximum Gasteiger partial charge on any atom is 0.161 e. The molecule has 2 aromatic heterocycles. The highest BCUT2D eigenvalue weighted by Gasteiger charge is 2.07. The first-order valence-corrected chi connectivity index (χ1v) is 6.72. The number of thiophene rings is 1. The van der Waals surface area contributed by atoms with Crippen molar-refractivity contribution in [3.05, 3.63) is 59.1 Å². The zero-order chi connectivity index (χ0) is 12.4. The smallest absolute Gasteiger partial charge is 0.161 e. The van der Waals surface area contributed by atoms with Gasteiger partial charge in [-0.25, -0.2) is 9.97 Å². The second kappa shape index (κ2) is 4.88. The van der Waals surface area contributed by atoms with Crippen LogP contribution in [0.25, 0.3) is 22.0 Å². The Morgan fingerprint density at radius 3 is 2.50 bits per heavy atom. The molecule has 4 heteroatoms. The second-order valence-electron chi connectivity index (χ2n) is 3.74. The van der Waals surface area contributed by atoms with E-state index in [0.29, 0.717) is 11.0 Å². The fraction of sp³-hybridized carbons (Fsp3) is 0. The van der Waals surface area contributed by atoms with Gasteiger partial charge in [-0.1, -0.05) is 48.0 Å². The number of halogens is 1. The van der Waals surface area contributed by atoms with Crippen LogP contribution in [-0.4, -0.2) is 9.97 Å². The molecule has 2 nitrogen and oxygen atoms in total. The average Bonchev–Trinajstić information content (AvgIpc) is 2.93. The highest BCUT2D eigenvalue weighted by Crippen LogP contribution is 2.27. The van der Waals surface area contributed by atoms with Crippen molar-refractivity contribution in [3.8, 4) is 22.0 Å². The standard InChI is InChI=1S/C14H9ClN2S/c15-13-9-11(12-7-4-8-18-12)16-14(17-13)10-5-2-1-3-6-10/h1-9H. The Balaban J connectivity index is 2.12. The molecule has 0 N–H and O–H groups in total. The van der Waals surface area contributed by atoms with Gasteiger partial charge in [0.1, 0.15) is 5.15 Å². The van der Waals surface area contributed by atoms with Gasteiger partial charge in [-0.2, -0.15) is 0 Å². The molecule has 88 valence electrons. The molecule has 0 aliphatic heterocycles. The van der Waals surface area contributed by atoms with E-state index < -0.39 is 0 Å². The minimum Gasteiger partial charge on any atom is -0.227 e. The number of benzene rings is 1. The van der Waals surface area contributed by atoms with Crippen molar-refractivity contribution >= 4 is 22.9 Å². The van der Waals surface area contributed by atoms with E-state index in [0.717, 1.165) is 16.1 Å². The molecule has 3 rings (SSSR count). The first-order valence-electron chi connectivity index (χ1n) is 5.47. The molecular weight excluding hydrogens is 264 g/mol. The predicted octanol–water partition coefficient (Wildman–Crippen LogP) is 4.53. The van der Waals surface area contributed by atoms with Crippen LogP contribution in [0.3, 0.4) is 0 Å². The Morgan fingerprint density at radius 1 is 0.944 bits per heavy atom. The molecule has 18 heavy (non-hydrogen) atoms. The Labute approximate surface area is 114 Å². The van der Waals surface area contributed by atoms with Crippen LogP contribution in [0.5, 0.6) is 0 Å². The Bertz CT molecular complexity index is 651. The Kier molecular flexibility index (Phi) is 3.09. The van der Waals surface area contributed by atoms with E-state index in [1.807, 2.05) is 47.8 Å². The summed E-state index contributed by atoms with van der Waals surface area (Å²) in [6.45, 7) is 0. The summed E-state index contributed by atoms with van der Waals surface area (Å²) in [6.07, 6.45) is 0. The van der Waals surface area contributed by atoms with Crippen LogP contribution < -0.4 is 0 Å². The van der Waals surface area contributed by atoms with Gasteiger partial charge in [0, 0.05) is 11.6 Å². The molecule has 0 amide bonds. The third-order valence-electron chi connectivity index (χ3n) is 2.50. The van der Waals surface area contributed by atoms with E-state index in [1.165, 1.54) is 0 Å². The van der Waals surface area contributed by atoms with E-state index in [2.05, 4.69) is 9.97 Å². The van der Waals surface area contributed by atoms with Crippen LogP contribution in [0.2, 0.25) is 5.15 Å². The fourth-order valence-corrected chi connectivity index (χ4v) is 2.55. The summed E-state index contributed by atoms with van der Waals surface area (Å²) in [4.78, 5) is 9.93. The van der Waals surface area contributed by atoms with Gasteiger partial charge in [0.05, 0.1) is 10.6 Å². The van der Waals surface area contributed by atoms with E-state index in [-0.39, 0.29) is 0 Å². The third-order valence-corrected chi connectivity index (χ3v) is 3.59. The van der Waals surface area contributed by atoms with Crippen molar-refractivity contribution in [1.82, 2.24) is 9.97 Å². The number of nitrogens with zero attached hydrogens (tertiary/aromatic N) is 2. The number of hydrogen-bond acceptors (Lipinski definition) is 3. The number of rotatable bonds is 2. The molecule has 1 aromatic carbocycles. The molecule has 0 unspecified atom stereocenters. The highest BCUT2D eigenvalue weighted by atomic mass is 35.5. The molecule has 0 saturated heterocycles. The molecule has 0 fully saturated rings. The van der Waals surface area contributed by atoms with Gasteiger partial charge in [-0.3, -0.25) is 0 Å². The van der Waals surface area contributed by atoms with Gasteiger partial charge in [-0.05, 0) is 11.4 Å². The lowest BCUT2D eigenvalue weighted by Gasteiger charge is -2.03. The first-order chi connectivity index (χ1) is 8.83. The summed E-state index contributed by atoms with van der Waals surface area (Å²) in [6, 6.07) is 15.7. The zero-order valence-electron chi connectivity index (χ0n) is 9.38. The van der Waals surface area contributed by atoms with Crippen LogP contribution in [0.1, 0.15) is 0 Å². The van der Waals surface area contributed by atoms with E-state index in [4.69, 9.17) is 11.6 Å². The van der Waals surface area contributed by atoms with Gasteiger partial charge < -0.3 is 0 Å². The van der Waals surface area contributed by atoms with Gasteiger partial charge in [0.15, 0.2) is 5.82 Å². The summed E-state index contributed by atoms with van der Waals surface area (Å²) >= 11 is 7.71. The minimum absolute atomic E-state index is 0.465. The van der Waals surface area contributed by atoms with Crippen molar-refractivity contribution in [1.29, 1.82) is 0 Å². The lowest BCUT2D eigenvalue weighted by atomic mass is 10.2. The molecule has 3 aromatic rings. The van der Waals surface area contributed by atoms with Crippen LogP contribution >= 0.6 is 22.9 Å². The summed E-state index contributed by atoms with van der Waals surface area (Å²) in [5, 5.41) is 2.49. The molecule has 0 bridgehead atoms. The quantitative estimate of drug-likeness (QED) is 0.641. The second-order valence-corrected chi connectivity index (χ2v) is 5.08. The van der Waals surface area contributed by atoms with Crippen molar-refractivity contribution in [2.75, 3.05) is 0 Å². The maximum absolute atomic E-state index is 6.07. The molecule has 0 spiro atoms. The SMILES string of the molecule is Clc1cc(-c2cccs2)nc(-c2ccccc2)n1. The fourth-order valence-electron chi connectivity index (χ4n) is 1.68.